The molecule has 0 aromatic heterocycles. The van der Waals surface area contributed by atoms with Gasteiger partial charge in [-0.1, -0.05) is 0 Å². The average Bonchev–Trinajstić information content (AvgIpc) is 3.05. The van der Waals surface area contributed by atoms with Gasteiger partial charge in [-0.15, -0.1) is 0 Å². The van der Waals surface area contributed by atoms with Gasteiger partial charge in [0, 0.05) is 19.3 Å². The van der Waals surface area contributed by atoms with Crippen molar-refractivity contribution >= 4 is 27.3 Å². The Balaban J connectivity index is 1.31. The number of likely N-dealkylation sites (tertiary alicyclic amines) is 1. The predicted molar refractivity (Wildman–Crippen MR) is 122 cm³/mol. The summed E-state index contributed by atoms with van der Waals surface area (Å²) in [5.74, 6) is 0.704. The monoisotopic (exact) mass is 454 g/mol. The molecule has 4 rings (SSSR count). The third-order valence-corrected chi connectivity index (χ3v) is 7.64. The highest BCUT2D eigenvalue weighted by molar-refractivity contribution is 7.92. The van der Waals surface area contributed by atoms with Crippen LogP contribution in [-0.2, 0) is 20.2 Å². The Morgan fingerprint density at radius 1 is 1.19 bits per heavy atom. The van der Waals surface area contributed by atoms with Gasteiger partial charge < -0.3 is 10.1 Å². The Hall–Kier alpha value is -3.09. The molecule has 32 heavy (non-hydrogen) atoms. The highest BCUT2D eigenvalue weighted by Gasteiger charge is 2.48. The van der Waals surface area contributed by atoms with E-state index >= 15 is 0 Å². The molecular weight excluding hydrogens is 428 g/mol. The SMILES string of the molecule is CN(c1ccc(OCCN2CCC3(CC2)C(=O)Nc2ccc(C#N)cc23)cc1)S(C)(=O)=O. The number of rotatable bonds is 6. The molecule has 1 N–H and O–H groups in total. The van der Waals surface area contributed by atoms with Crippen LogP contribution >= 0.6 is 0 Å². The zero-order chi connectivity index (χ0) is 22.9. The van der Waals surface area contributed by atoms with Crippen LogP contribution in [-0.4, -0.2) is 58.8 Å². The van der Waals surface area contributed by atoms with Gasteiger partial charge in [-0.05, 0) is 74.0 Å². The van der Waals surface area contributed by atoms with Gasteiger partial charge in [-0.2, -0.15) is 5.26 Å². The zero-order valence-electron chi connectivity index (χ0n) is 18.2. The maximum atomic E-state index is 12.8. The van der Waals surface area contributed by atoms with Crippen molar-refractivity contribution in [2.45, 2.75) is 18.3 Å². The van der Waals surface area contributed by atoms with Crippen LogP contribution in [0.1, 0.15) is 24.0 Å². The van der Waals surface area contributed by atoms with Crippen molar-refractivity contribution in [3.63, 3.8) is 0 Å². The number of fused-ring (bicyclic) bond motifs is 2. The lowest BCUT2D eigenvalue weighted by Gasteiger charge is -2.37. The molecule has 1 spiro atoms. The van der Waals surface area contributed by atoms with Crippen molar-refractivity contribution in [2.24, 2.45) is 0 Å². The molecule has 2 heterocycles. The number of hydrogen-bond donors (Lipinski definition) is 1. The van der Waals surface area contributed by atoms with E-state index in [4.69, 9.17) is 4.74 Å². The zero-order valence-corrected chi connectivity index (χ0v) is 19.0. The number of hydrogen-bond acceptors (Lipinski definition) is 6. The fourth-order valence-electron chi connectivity index (χ4n) is 4.37. The van der Waals surface area contributed by atoms with Crippen molar-refractivity contribution in [3.05, 3.63) is 53.6 Å². The minimum absolute atomic E-state index is 0.0256. The number of nitrogens with zero attached hydrogens (tertiary/aromatic N) is 3. The Bertz CT molecular complexity index is 1160. The number of anilines is 2. The number of sulfonamides is 1. The number of nitriles is 1. The lowest BCUT2D eigenvalue weighted by atomic mass is 9.73. The van der Waals surface area contributed by atoms with Crippen LogP contribution in [0.15, 0.2) is 42.5 Å². The summed E-state index contributed by atoms with van der Waals surface area (Å²) in [4.78, 5) is 15.0. The topological polar surface area (TPSA) is 103 Å². The van der Waals surface area contributed by atoms with Gasteiger partial charge in [0.25, 0.3) is 0 Å². The fourth-order valence-corrected chi connectivity index (χ4v) is 4.88. The first-order valence-electron chi connectivity index (χ1n) is 10.5. The van der Waals surface area contributed by atoms with Gasteiger partial charge in [-0.3, -0.25) is 14.0 Å². The van der Waals surface area contributed by atoms with E-state index in [9.17, 15) is 18.5 Å². The smallest absolute Gasteiger partial charge is 0.235 e. The first kappa shape index (κ1) is 22.1. The molecule has 0 unspecified atom stereocenters. The molecule has 0 bridgehead atoms. The van der Waals surface area contributed by atoms with Gasteiger partial charge >= 0.3 is 0 Å². The largest absolute Gasteiger partial charge is 0.492 e. The summed E-state index contributed by atoms with van der Waals surface area (Å²) >= 11 is 0. The molecule has 0 radical (unpaired) electrons. The molecule has 2 aliphatic rings. The Morgan fingerprint density at radius 2 is 1.88 bits per heavy atom. The highest BCUT2D eigenvalue weighted by atomic mass is 32.2. The van der Waals surface area contributed by atoms with Gasteiger partial charge in [0.05, 0.1) is 29.0 Å². The third-order valence-electron chi connectivity index (χ3n) is 6.43. The summed E-state index contributed by atoms with van der Waals surface area (Å²) in [6, 6.07) is 14.5. The van der Waals surface area contributed by atoms with E-state index in [1.807, 2.05) is 12.1 Å². The number of benzene rings is 2. The van der Waals surface area contributed by atoms with E-state index in [1.54, 1.807) is 30.3 Å². The number of carbonyl (C=O) groups is 1. The Kier molecular flexibility index (Phi) is 5.84. The summed E-state index contributed by atoms with van der Waals surface area (Å²) in [6.07, 6.45) is 2.57. The quantitative estimate of drug-likeness (QED) is 0.719. The summed E-state index contributed by atoms with van der Waals surface area (Å²) < 4.78 is 30.3. The van der Waals surface area contributed by atoms with E-state index in [1.165, 1.54) is 11.4 Å². The lowest BCUT2D eigenvalue weighted by molar-refractivity contribution is -0.122. The molecule has 1 amide bonds. The molecule has 8 nitrogen and oxygen atoms in total. The average molecular weight is 455 g/mol. The lowest BCUT2D eigenvalue weighted by Crippen LogP contribution is -2.47. The van der Waals surface area contributed by atoms with Crippen molar-refractivity contribution in [2.75, 3.05) is 49.2 Å². The highest BCUT2D eigenvalue weighted by Crippen LogP contribution is 2.45. The molecule has 1 saturated heterocycles. The molecule has 2 aromatic rings. The molecule has 0 atom stereocenters. The van der Waals surface area contributed by atoms with Gasteiger partial charge in [-0.25, -0.2) is 8.42 Å². The van der Waals surface area contributed by atoms with Gasteiger partial charge in [0.2, 0.25) is 15.9 Å². The maximum Gasteiger partial charge on any atom is 0.235 e. The molecule has 0 saturated carbocycles. The number of ether oxygens (including phenoxy) is 1. The van der Waals surface area contributed by atoms with Crippen molar-refractivity contribution in [3.8, 4) is 11.8 Å². The number of carbonyl (C=O) groups excluding carboxylic acids is 1. The van der Waals surface area contributed by atoms with Crippen LogP contribution in [0.5, 0.6) is 5.75 Å². The summed E-state index contributed by atoms with van der Waals surface area (Å²) in [5.41, 5.74) is 2.36. The second kappa shape index (κ2) is 8.45. The minimum Gasteiger partial charge on any atom is -0.492 e. The Labute approximate surface area is 188 Å². The van der Waals surface area contributed by atoms with Crippen molar-refractivity contribution in [1.29, 1.82) is 5.26 Å². The van der Waals surface area contributed by atoms with Gasteiger partial charge in [0.15, 0.2) is 0 Å². The second-order valence-electron chi connectivity index (χ2n) is 8.32. The van der Waals surface area contributed by atoms with Crippen LogP contribution < -0.4 is 14.4 Å². The molecule has 168 valence electrons. The van der Waals surface area contributed by atoms with Crippen LogP contribution in [0.4, 0.5) is 11.4 Å². The number of amides is 1. The molecule has 9 heteroatoms. The maximum absolute atomic E-state index is 12.8. The van der Waals surface area contributed by atoms with Crippen molar-refractivity contribution < 1.29 is 17.9 Å². The fraction of sp³-hybridized carbons (Fsp3) is 0.391. The van der Waals surface area contributed by atoms with E-state index in [2.05, 4.69) is 16.3 Å². The predicted octanol–water partition coefficient (Wildman–Crippen LogP) is 2.32. The normalized spacial score (nSPS) is 17.5. The van der Waals surface area contributed by atoms with Gasteiger partial charge in [0.1, 0.15) is 12.4 Å². The number of nitrogens with one attached hydrogen (secondary N) is 1. The van der Waals surface area contributed by atoms with E-state index in [-0.39, 0.29) is 5.91 Å². The van der Waals surface area contributed by atoms with Crippen molar-refractivity contribution in [1.82, 2.24) is 4.90 Å². The molecule has 1 fully saturated rings. The summed E-state index contributed by atoms with van der Waals surface area (Å²) in [5, 5.41) is 12.2. The van der Waals surface area contributed by atoms with Crippen LogP contribution in [0.3, 0.4) is 0 Å². The minimum atomic E-state index is -3.29. The second-order valence-corrected chi connectivity index (χ2v) is 10.3. The standard InChI is InChI=1S/C23H26N4O4S/c1-26(32(2,29)30)18-4-6-19(7-5-18)31-14-13-27-11-9-23(10-12-27)20-15-17(16-24)3-8-21(20)25-22(23)28/h3-8,15H,9-14H2,1-2H3,(H,25,28). The summed E-state index contributed by atoms with van der Waals surface area (Å²) in [7, 11) is -1.78. The van der Waals surface area contributed by atoms with E-state index in [0.717, 1.165) is 37.1 Å². The van der Waals surface area contributed by atoms with Crippen LogP contribution in [0.2, 0.25) is 0 Å². The third kappa shape index (κ3) is 4.16. The first-order chi connectivity index (χ1) is 15.2. The summed E-state index contributed by atoms with van der Waals surface area (Å²) in [6.45, 7) is 2.76. The molecule has 2 aromatic carbocycles. The van der Waals surface area contributed by atoms with Crippen LogP contribution in [0, 0.1) is 11.3 Å². The molecule has 2 aliphatic heterocycles. The number of piperidine rings is 1. The Morgan fingerprint density at radius 3 is 2.50 bits per heavy atom. The first-order valence-corrected chi connectivity index (χ1v) is 12.3. The van der Waals surface area contributed by atoms with E-state index < -0.39 is 15.4 Å². The van der Waals surface area contributed by atoms with E-state index in [0.29, 0.717) is 36.4 Å². The molecular formula is C23H26N4O4S. The van der Waals surface area contributed by atoms with Crippen LogP contribution in [0.25, 0.3) is 0 Å². The molecule has 0 aliphatic carbocycles.